The molecule has 0 bridgehead atoms. The fraction of sp³-hybridized carbons (Fsp3) is 0.417. The molecule has 1 fully saturated rings. The van der Waals surface area contributed by atoms with E-state index in [0.29, 0.717) is 11.3 Å². The fourth-order valence-corrected chi connectivity index (χ4v) is 4.56. The summed E-state index contributed by atoms with van der Waals surface area (Å²) in [5.74, 6) is -0.120. The molecule has 4 rings (SSSR count). The normalized spacial score (nSPS) is 18.0. The standard InChI is InChI=1S/C24H26O6/c1-27-21(15-8-3-4-9-15)22(28-2)24(26)30-20-13-6-5-10-17(20)16-11-7-12-18-19(16)14-29-23(18)25/h5-7,10-13,15,21-22H,3-4,8-9,14H2,1-2H3. The lowest BCUT2D eigenvalue weighted by atomic mass is 9.95. The number of carbonyl (C=O) groups excluding carboxylic acids is 2. The van der Waals surface area contributed by atoms with E-state index < -0.39 is 12.1 Å². The van der Waals surface area contributed by atoms with E-state index in [1.165, 1.54) is 7.11 Å². The smallest absolute Gasteiger partial charge is 0.343 e. The zero-order valence-electron chi connectivity index (χ0n) is 17.3. The Morgan fingerprint density at radius 3 is 2.40 bits per heavy atom. The summed E-state index contributed by atoms with van der Waals surface area (Å²) in [6.07, 6.45) is 3.16. The Hall–Kier alpha value is -2.70. The maximum Gasteiger partial charge on any atom is 0.343 e. The van der Waals surface area contributed by atoms with Crippen molar-refractivity contribution in [1.29, 1.82) is 0 Å². The van der Waals surface area contributed by atoms with Gasteiger partial charge in [0.25, 0.3) is 0 Å². The van der Waals surface area contributed by atoms with Crippen LogP contribution in [0.15, 0.2) is 42.5 Å². The van der Waals surface area contributed by atoms with Crippen LogP contribution in [0, 0.1) is 5.92 Å². The first-order chi connectivity index (χ1) is 14.6. The molecule has 0 radical (unpaired) electrons. The average Bonchev–Trinajstić information content (AvgIpc) is 3.42. The van der Waals surface area contributed by atoms with Crippen molar-refractivity contribution in [1.82, 2.24) is 0 Å². The van der Waals surface area contributed by atoms with Crippen molar-refractivity contribution in [3.05, 3.63) is 53.6 Å². The van der Waals surface area contributed by atoms with Crippen LogP contribution in [-0.4, -0.2) is 38.4 Å². The van der Waals surface area contributed by atoms with Crippen LogP contribution in [0.25, 0.3) is 11.1 Å². The SMILES string of the molecule is COC(C(=O)Oc1ccccc1-c1cccc2c1COC2=O)C(OC)C1CCCC1. The molecular formula is C24H26O6. The predicted octanol–water partition coefficient (Wildman–Crippen LogP) is 4.15. The molecule has 1 aliphatic carbocycles. The Morgan fingerprint density at radius 2 is 1.67 bits per heavy atom. The number of esters is 2. The van der Waals surface area contributed by atoms with Gasteiger partial charge in [-0.15, -0.1) is 0 Å². The summed E-state index contributed by atoms with van der Waals surface area (Å²) in [4.78, 5) is 25.0. The summed E-state index contributed by atoms with van der Waals surface area (Å²) in [7, 11) is 3.12. The van der Waals surface area contributed by atoms with Gasteiger partial charge in [0.1, 0.15) is 12.4 Å². The molecule has 0 amide bonds. The summed E-state index contributed by atoms with van der Waals surface area (Å²) in [6, 6.07) is 12.7. The fourth-order valence-electron chi connectivity index (χ4n) is 4.56. The van der Waals surface area contributed by atoms with Crippen LogP contribution in [0.2, 0.25) is 0 Å². The van der Waals surface area contributed by atoms with Gasteiger partial charge >= 0.3 is 11.9 Å². The van der Waals surface area contributed by atoms with Gasteiger partial charge in [-0.1, -0.05) is 43.2 Å². The van der Waals surface area contributed by atoms with Crippen molar-refractivity contribution >= 4 is 11.9 Å². The number of fused-ring (bicyclic) bond motifs is 1. The van der Waals surface area contributed by atoms with E-state index in [9.17, 15) is 9.59 Å². The molecule has 6 nitrogen and oxygen atoms in total. The Morgan fingerprint density at radius 1 is 0.967 bits per heavy atom. The highest BCUT2D eigenvalue weighted by atomic mass is 16.6. The highest BCUT2D eigenvalue weighted by molar-refractivity contribution is 5.96. The number of methoxy groups -OCH3 is 2. The zero-order valence-corrected chi connectivity index (χ0v) is 17.3. The third-order valence-electron chi connectivity index (χ3n) is 6.05. The summed E-state index contributed by atoms with van der Waals surface area (Å²) in [6.45, 7) is 0.209. The molecule has 6 heteroatoms. The van der Waals surface area contributed by atoms with Gasteiger partial charge in [-0.2, -0.15) is 0 Å². The summed E-state index contributed by atoms with van der Waals surface area (Å²) < 4.78 is 22.2. The molecule has 2 atom stereocenters. The number of hydrogen-bond acceptors (Lipinski definition) is 6. The van der Waals surface area contributed by atoms with Gasteiger partial charge in [-0.3, -0.25) is 0 Å². The van der Waals surface area contributed by atoms with Gasteiger partial charge in [0.2, 0.25) is 0 Å². The second kappa shape index (κ2) is 8.98. The second-order valence-electron chi connectivity index (χ2n) is 7.73. The van der Waals surface area contributed by atoms with Crippen LogP contribution in [0.5, 0.6) is 5.75 Å². The van der Waals surface area contributed by atoms with Crippen LogP contribution in [0.4, 0.5) is 0 Å². The molecule has 30 heavy (non-hydrogen) atoms. The molecule has 0 spiro atoms. The quantitative estimate of drug-likeness (QED) is 0.504. The highest BCUT2D eigenvalue weighted by Crippen LogP contribution is 2.37. The van der Waals surface area contributed by atoms with Gasteiger partial charge in [0.05, 0.1) is 11.7 Å². The van der Waals surface area contributed by atoms with E-state index in [4.69, 9.17) is 18.9 Å². The van der Waals surface area contributed by atoms with E-state index in [1.807, 2.05) is 24.3 Å². The van der Waals surface area contributed by atoms with Crippen molar-refractivity contribution < 1.29 is 28.5 Å². The minimum absolute atomic E-state index is 0.209. The Labute approximate surface area is 176 Å². The monoisotopic (exact) mass is 410 g/mol. The van der Waals surface area contributed by atoms with Crippen LogP contribution in [0.1, 0.15) is 41.6 Å². The number of benzene rings is 2. The zero-order chi connectivity index (χ0) is 21.1. The molecule has 158 valence electrons. The first kappa shape index (κ1) is 20.6. The third kappa shape index (κ3) is 3.85. The largest absolute Gasteiger partial charge is 0.457 e. The lowest BCUT2D eigenvalue weighted by Gasteiger charge is -2.28. The van der Waals surface area contributed by atoms with Crippen molar-refractivity contribution in [2.24, 2.45) is 5.92 Å². The van der Waals surface area contributed by atoms with Crippen LogP contribution in [-0.2, 0) is 25.6 Å². The van der Waals surface area contributed by atoms with Crippen molar-refractivity contribution in [3.63, 3.8) is 0 Å². The summed E-state index contributed by atoms with van der Waals surface area (Å²) in [5.41, 5.74) is 2.89. The van der Waals surface area contributed by atoms with E-state index in [1.54, 1.807) is 25.3 Å². The molecule has 0 aromatic heterocycles. The number of cyclic esters (lactones) is 1. The molecule has 1 aliphatic heterocycles. The van der Waals surface area contributed by atoms with Gasteiger partial charge in [0.15, 0.2) is 6.10 Å². The number of para-hydroxylation sites is 1. The Bertz CT molecular complexity index is 931. The molecule has 0 N–H and O–H groups in total. The number of rotatable bonds is 7. The van der Waals surface area contributed by atoms with Gasteiger partial charge < -0.3 is 18.9 Å². The Kier molecular flexibility index (Phi) is 6.16. The third-order valence-corrected chi connectivity index (χ3v) is 6.05. The number of ether oxygens (including phenoxy) is 4. The molecule has 1 saturated carbocycles. The average molecular weight is 410 g/mol. The van der Waals surface area contributed by atoms with E-state index in [0.717, 1.165) is 42.4 Å². The minimum Gasteiger partial charge on any atom is -0.457 e. The van der Waals surface area contributed by atoms with Crippen LogP contribution in [0.3, 0.4) is 0 Å². The molecular weight excluding hydrogens is 384 g/mol. The van der Waals surface area contributed by atoms with E-state index >= 15 is 0 Å². The van der Waals surface area contributed by atoms with Crippen molar-refractivity contribution in [3.8, 4) is 16.9 Å². The van der Waals surface area contributed by atoms with Gasteiger partial charge in [0, 0.05) is 25.3 Å². The molecule has 2 aliphatic rings. The topological polar surface area (TPSA) is 71.1 Å². The van der Waals surface area contributed by atoms with E-state index in [-0.39, 0.29) is 24.6 Å². The van der Waals surface area contributed by atoms with Crippen LogP contribution < -0.4 is 4.74 Å². The van der Waals surface area contributed by atoms with Crippen molar-refractivity contribution in [2.45, 2.75) is 44.5 Å². The highest BCUT2D eigenvalue weighted by Gasteiger charge is 2.37. The van der Waals surface area contributed by atoms with E-state index in [2.05, 4.69) is 0 Å². The van der Waals surface area contributed by atoms with Gasteiger partial charge in [-0.05, 0) is 36.5 Å². The van der Waals surface area contributed by atoms with Crippen molar-refractivity contribution in [2.75, 3.05) is 14.2 Å². The summed E-state index contributed by atoms with van der Waals surface area (Å²) >= 11 is 0. The first-order valence-electron chi connectivity index (χ1n) is 10.3. The first-order valence-corrected chi connectivity index (χ1v) is 10.3. The predicted molar refractivity (Wildman–Crippen MR) is 110 cm³/mol. The lowest BCUT2D eigenvalue weighted by Crippen LogP contribution is -2.43. The van der Waals surface area contributed by atoms with Crippen LogP contribution >= 0.6 is 0 Å². The molecule has 2 aromatic rings. The number of hydrogen-bond donors (Lipinski definition) is 0. The molecule has 1 heterocycles. The molecule has 0 saturated heterocycles. The maximum absolute atomic E-state index is 13.1. The van der Waals surface area contributed by atoms with Gasteiger partial charge in [-0.25, -0.2) is 9.59 Å². The lowest BCUT2D eigenvalue weighted by molar-refractivity contribution is -0.157. The second-order valence-corrected chi connectivity index (χ2v) is 7.73. The Balaban J connectivity index is 1.62. The molecule has 2 unspecified atom stereocenters. The molecule has 2 aromatic carbocycles. The maximum atomic E-state index is 13.1. The number of carbonyl (C=O) groups is 2. The summed E-state index contributed by atoms with van der Waals surface area (Å²) in [5, 5.41) is 0. The minimum atomic E-state index is -0.808.